The number of aromatic hydroxyl groups is 1. The highest BCUT2D eigenvalue weighted by Crippen LogP contribution is 2.35. The van der Waals surface area contributed by atoms with Crippen molar-refractivity contribution in [2.24, 2.45) is 0 Å². The van der Waals surface area contributed by atoms with Gasteiger partial charge in [0.05, 0.1) is 12.2 Å². The molecule has 0 fully saturated rings. The summed E-state index contributed by atoms with van der Waals surface area (Å²) in [7, 11) is 0. The fraction of sp³-hybridized carbons (Fsp3) is 0.211. The Labute approximate surface area is 144 Å². The van der Waals surface area contributed by atoms with Gasteiger partial charge < -0.3 is 25.8 Å². The molecular formula is C19H19N3O3. The highest BCUT2D eigenvalue weighted by molar-refractivity contribution is 6.05. The van der Waals surface area contributed by atoms with Crippen LogP contribution in [-0.2, 0) is 13.1 Å². The number of hydrogen-bond acceptors (Lipinski definition) is 4. The molecule has 1 amide bonds. The normalized spacial score (nSPS) is 13.2. The summed E-state index contributed by atoms with van der Waals surface area (Å²) in [6.45, 7) is 1.72. The van der Waals surface area contributed by atoms with Crippen LogP contribution in [0.3, 0.4) is 0 Å². The molecule has 0 bridgehead atoms. The summed E-state index contributed by atoms with van der Waals surface area (Å²) in [5.74, 6) is -0.0149. The SMILES string of the molecule is O=C1NCc2c(O)ccc(-c3cc4cc(CNCCO)ccc4[nH]3)c21. The van der Waals surface area contributed by atoms with Gasteiger partial charge in [-0.3, -0.25) is 4.79 Å². The van der Waals surface area contributed by atoms with E-state index in [2.05, 4.69) is 21.7 Å². The van der Waals surface area contributed by atoms with E-state index in [1.54, 1.807) is 12.1 Å². The van der Waals surface area contributed by atoms with E-state index >= 15 is 0 Å². The van der Waals surface area contributed by atoms with Crippen molar-refractivity contribution < 1.29 is 15.0 Å². The van der Waals surface area contributed by atoms with Crippen LogP contribution in [0.4, 0.5) is 0 Å². The maximum absolute atomic E-state index is 12.2. The minimum atomic E-state index is -0.159. The minimum Gasteiger partial charge on any atom is -0.508 e. The molecule has 2 aromatic carbocycles. The van der Waals surface area contributed by atoms with E-state index in [1.165, 1.54) is 0 Å². The molecule has 0 spiro atoms. The Balaban J connectivity index is 1.73. The molecular weight excluding hydrogens is 318 g/mol. The zero-order valence-corrected chi connectivity index (χ0v) is 13.6. The molecule has 0 atom stereocenters. The molecule has 6 nitrogen and oxygen atoms in total. The molecule has 25 heavy (non-hydrogen) atoms. The van der Waals surface area contributed by atoms with E-state index in [0.717, 1.165) is 27.7 Å². The van der Waals surface area contributed by atoms with Gasteiger partial charge >= 0.3 is 0 Å². The van der Waals surface area contributed by atoms with Gasteiger partial charge in [0.15, 0.2) is 0 Å². The molecule has 0 saturated carbocycles. The molecule has 1 aromatic heterocycles. The van der Waals surface area contributed by atoms with Gasteiger partial charge in [0, 0.05) is 47.4 Å². The highest BCUT2D eigenvalue weighted by atomic mass is 16.3. The van der Waals surface area contributed by atoms with Crippen molar-refractivity contribution in [3.63, 3.8) is 0 Å². The van der Waals surface area contributed by atoms with Crippen molar-refractivity contribution in [3.05, 3.63) is 53.1 Å². The molecule has 5 N–H and O–H groups in total. The Morgan fingerprint density at radius 2 is 2.04 bits per heavy atom. The Morgan fingerprint density at radius 1 is 1.16 bits per heavy atom. The topological polar surface area (TPSA) is 97.4 Å². The third kappa shape index (κ3) is 2.75. The first kappa shape index (κ1) is 15.7. The van der Waals surface area contributed by atoms with Crippen LogP contribution >= 0.6 is 0 Å². The second kappa shape index (κ2) is 6.23. The summed E-state index contributed by atoms with van der Waals surface area (Å²) < 4.78 is 0. The predicted molar refractivity (Wildman–Crippen MR) is 95.4 cm³/mol. The number of carbonyl (C=O) groups excluding carboxylic acids is 1. The lowest BCUT2D eigenvalue weighted by Crippen LogP contribution is -2.17. The van der Waals surface area contributed by atoms with Crippen molar-refractivity contribution in [2.75, 3.05) is 13.2 Å². The lowest BCUT2D eigenvalue weighted by molar-refractivity contribution is 0.0966. The Hall–Kier alpha value is -2.83. The molecule has 6 heteroatoms. The summed E-state index contributed by atoms with van der Waals surface area (Å²) in [5.41, 5.74) is 4.94. The monoisotopic (exact) mass is 337 g/mol. The number of amides is 1. The van der Waals surface area contributed by atoms with E-state index in [-0.39, 0.29) is 18.3 Å². The maximum Gasteiger partial charge on any atom is 0.252 e. The maximum atomic E-state index is 12.2. The number of rotatable bonds is 5. The second-order valence-corrected chi connectivity index (χ2v) is 6.17. The third-order valence-corrected chi connectivity index (χ3v) is 4.53. The van der Waals surface area contributed by atoms with Crippen LogP contribution < -0.4 is 10.6 Å². The molecule has 128 valence electrons. The number of aromatic nitrogens is 1. The first-order valence-electron chi connectivity index (χ1n) is 8.24. The first-order valence-corrected chi connectivity index (χ1v) is 8.24. The van der Waals surface area contributed by atoms with Gasteiger partial charge in [-0.1, -0.05) is 6.07 Å². The number of fused-ring (bicyclic) bond motifs is 2. The second-order valence-electron chi connectivity index (χ2n) is 6.17. The molecule has 4 rings (SSSR count). The zero-order chi connectivity index (χ0) is 17.4. The van der Waals surface area contributed by atoms with Gasteiger partial charge in [-0.2, -0.15) is 0 Å². The zero-order valence-electron chi connectivity index (χ0n) is 13.6. The molecule has 1 aliphatic heterocycles. The number of nitrogens with one attached hydrogen (secondary N) is 3. The summed E-state index contributed by atoms with van der Waals surface area (Å²) >= 11 is 0. The third-order valence-electron chi connectivity index (χ3n) is 4.53. The number of phenolic OH excluding ortho intramolecular Hbond substituents is 1. The number of H-pyrrole nitrogens is 1. The molecule has 3 aromatic rings. The largest absolute Gasteiger partial charge is 0.508 e. The number of aromatic amines is 1. The summed E-state index contributed by atoms with van der Waals surface area (Å²) in [4.78, 5) is 15.5. The summed E-state index contributed by atoms with van der Waals surface area (Å²) in [5, 5.41) is 25.8. The Morgan fingerprint density at radius 3 is 2.88 bits per heavy atom. The van der Waals surface area contributed by atoms with E-state index in [9.17, 15) is 9.90 Å². The van der Waals surface area contributed by atoms with Crippen LogP contribution in [0.15, 0.2) is 36.4 Å². The van der Waals surface area contributed by atoms with Crippen molar-refractivity contribution >= 4 is 16.8 Å². The van der Waals surface area contributed by atoms with E-state index in [0.29, 0.717) is 30.8 Å². The van der Waals surface area contributed by atoms with E-state index < -0.39 is 0 Å². The number of phenols is 1. The van der Waals surface area contributed by atoms with Crippen LogP contribution in [0.2, 0.25) is 0 Å². The predicted octanol–water partition coefficient (Wildman–Crippen LogP) is 1.87. The van der Waals surface area contributed by atoms with Crippen LogP contribution in [-0.4, -0.2) is 34.3 Å². The number of aliphatic hydroxyl groups excluding tert-OH is 1. The number of carbonyl (C=O) groups is 1. The van der Waals surface area contributed by atoms with Crippen LogP contribution in [0, 0.1) is 0 Å². The van der Waals surface area contributed by atoms with Crippen molar-refractivity contribution in [1.29, 1.82) is 0 Å². The minimum absolute atomic E-state index is 0.116. The van der Waals surface area contributed by atoms with E-state index in [4.69, 9.17) is 5.11 Å². The van der Waals surface area contributed by atoms with Crippen molar-refractivity contribution in [1.82, 2.24) is 15.6 Å². The van der Waals surface area contributed by atoms with Crippen LogP contribution in [0.25, 0.3) is 22.2 Å². The van der Waals surface area contributed by atoms with Gasteiger partial charge in [0.2, 0.25) is 0 Å². The van der Waals surface area contributed by atoms with E-state index in [1.807, 2.05) is 18.2 Å². The highest BCUT2D eigenvalue weighted by Gasteiger charge is 2.26. The number of hydrogen-bond donors (Lipinski definition) is 5. The fourth-order valence-electron chi connectivity index (χ4n) is 3.31. The van der Waals surface area contributed by atoms with Gasteiger partial charge in [-0.05, 0) is 35.9 Å². The molecule has 1 aliphatic rings. The smallest absolute Gasteiger partial charge is 0.252 e. The van der Waals surface area contributed by atoms with Crippen LogP contribution in [0.1, 0.15) is 21.5 Å². The van der Waals surface area contributed by atoms with Crippen molar-refractivity contribution in [2.45, 2.75) is 13.1 Å². The molecule has 0 unspecified atom stereocenters. The number of benzene rings is 2. The fourth-order valence-corrected chi connectivity index (χ4v) is 3.31. The van der Waals surface area contributed by atoms with Crippen molar-refractivity contribution in [3.8, 4) is 17.0 Å². The van der Waals surface area contributed by atoms with Crippen LogP contribution in [0.5, 0.6) is 5.75 Å². The summed E-state index contributed by atoms with van der Waals surface area (Å²) in [6.07, 6.45) is 0. The van der Waals surface area contributed by atoms with Gasteiger partial charge in [-0.25, -0.2) is 0 Å². The van der Waals surface area contributed by atoms with Gasteiger partial charge in [-0.15, -0.1) is 0 Å². The molecule has 0 aliphatic carbocycles. The quantitative estimate of drug-likeness (QED) is 0.459. The molecule has 2 heterocycles. The van der Waals surface area contributed by atoms with Gasteiger partial charge in [0.25, 0.3) is 5.91 Å². The molecule has 0 saturated heterocycles. The molecule has 0 radical (unpaired) electrons. The lowest BCUT2D eigenvalue weighted by atomic mass is 9.99. The number of aliphatic hydroxyl groups is 1. The summed E-state index contributed by atoms with van der Waals surface area (Å²) in [6, 6.07) is 11.5. The standard InChI is InChI=1S/C19H19N3O3/c23-6-5-20-9-11-1-3-15-12(7-11)8-16(22-15)13-2-4-17(24)14-10-21-19(25)18(13)14/h1-4,7-8,20,22-24H,5-6,9-10H2,(H,21,25). The average Bonchev–Trinajstić information content (AvgIpc) is 3.20. The lowest BCUT2D eigenvalue weighted by Gasteiger charge is -2.06. The average molecular weight is 337 g/mol. The first-order chi connectivity index (χ1) is 12.2. The Bertz CT molecular complexity index is 962. The van der Waals surface area contributed by atoms with Gasteiger partial charge in [0.1, 0.15) is 5.75 Å². The Kier molecular flexibility index (Phi) is 3.91.